The molecule has 0 bridgehead atoms. The van der Waals surface area contributed by atoms with Gasteiger partial charge in [0, 0.05) is 28.4 Å². The van der Waals surface area contributed by atoms with Gasteiger partial charge >= 0.3 is 11.9 Å². The lowest BCUT2D eigenvalue weighted by atomic mass is 9.32. The number of aliphatic hydroxyl groups is 2. The van der Waals surface area contributed by atoms with E-state index in [9.17, 15) is 19.8 Å². The van der Waals surface area contributed by atoms with Gasteiger partial charge in [0.25, 0.3) is 0 Å². The average Bonchev–Trinajstić information content (AvgIpc) is 3.33. The van der Waals surface area contributed by atoms with Crippen LogP contribution in [0.15, 0.2) is 23.0 Å². The molecule has 4 saturated carbocycles. The van der Waals surface area contributed by atoms with Gasteiger partial charge in [0.05, 0.1) is 35.6 Å². The molecule has 250 valence electrons. The van der Waals surface area contributed by atoms with E-state index in [-0.39, 0.29) is 42.7 Å². The zero-order valence-electron chi connectivity index (χ0n) is 27.0. The normalized spacial score (nSPS) is 52.2. The molecule has 1 aromatic heterocycles. The molecule has 4 aliphatic carbocycles. The van der Waals surface area contributed by atoms with Gasteiger partial charge in [-0.25, -0.2) is 4.79 Å². The number of epoxide rings is 1. The van der Waals surface area contributed by atoms with Crippen molar-refractivity contribution in [3.8, 4) is 0 Å². The minimum absolute atomic E-state index is 0.0246. The first-order chi connectivity index (χ1) is 22.0. The third-order valence-electron chi connectivity index (χ3n) is 14.9. The zero-order valence-corrected chi connectivity index (χ0v) is 27.0. The first-order valence-corrected chi connectivity index (χ1v) is 17.5. The smallest absolute Gasteiger partial charge is 0.339 e. The Morgan fingerprint density at radius 1 is 0.957 bits per heavy atom. The molecule has 1 aromatic rings. The molecular formula is C36H46O10. The average molecular weight is 639 g/mol. The van der Waals surface area contributed by atoms with Crippen LogP contribution in [0.5, 0.6) is 0 Å². The van der Waals surface area contributed by atoms with E-state index in [0.29, 0.717) is 32.1 Å². The molecule has 8 fully saturated rings. The Morgan fingerprint density at radius 2 is 1.74 bits per heavy atom. The summed E-state index contributed by atoms with van der Waals surface area (Å²) in [4.78, 5) is 43.0. The van der Waals surface area contributed by atoms with Gasteiger partial charge in [-0.1, -0.05) is 26.2 Å². The summed E-state index contributed by atoms with van der Waals surface area (Å²) in [5.41, 5.74) is -5.18. The van der Waals surface area contributed by atoms with Gasteiger partial charge in [-0.2, -0.15) is 0 Å². The molecular weight excluding hydrogens is 592 g/mol. The second kappa shape index (κ2) is 9.24. The molecule has 1 unspecified atom stereocenters. The third-order valence-corrected chi connectivity index (χ3v) is 14.9. The molecule has 9 rings (SSSR count). The van der Waals surface area contributed by atoms with E-state index in [1.807, 2.05) is 19.9 Å². The number of carbonyl (C=O) groups excluding carboxylic acids is 3. The standard InChI is InChI=1S/C36H46O10/c1-31(2)24-23(38)25(39)35(21-7-5-4-6-8-21)22(34(24)18-43-30(41)33(29(34)46-31)13-9-19(15-33)16-37)10-12-32(3)26(20-11-14-42-17-20)44-28(40)27-36(32,35)45-27/h11,14,17,19,21-22,24-27,29,37,39H,4-10,12-13,15-16,18H2,1-3H3/t19-,22?,24+,25+,26-,27+,29-,32-,33-,34+,35-,36-/m0/s1. The number of carbonyl (C=O) groups is 3. The second-order valence-corrected chi connectivity index (χ2v) is 16.9. The van der Waals surface area contributed by atoms with Crippen molar-refractivity contribution in [2.24, 2.45) is 45.3 Å². The van der Waals surface area contributed by atoms with Crippen LogP contribution in [0.1, 0.15) is 96.6 Å². The first kappa shape index (κ1) is 29.8. The van der Waals surface area contributed by atoms with Crippen LogP contribution in [0, 0.1) is 45.3 Å². The minimum Gasteiger partial charge on any atom is -0.472 e. The molecule has 0 amide bonds. The Morgan fingerprint density at radius 3 is 2.43 bits per heavy atom. The maximum atomic E-state index is 15.2. The number of cyclic esters (lactones) is 2. The summed E-state index contributed by atoms with van der Waals surface area (Å²) in [6.45, 7) is 5.95. The Hall–Kier alpha value is -2.27. The predicted octanol–water partition coefficient (Wildman–Crippen LogP) is 4.06. The number of hydrogen-bond donors (Lipinski definition) is 2. The van der Waals surface area contributed by atoms with Crippen LogP contribution in [0.25, 0.3) is 0 Å². The lowest BCUT2D eigenvalue weighted by molar-refractivity contribution is -0.284. The molecule has 0 radical (unpaired) electrons. The van der Waals surface area contributed by atoms with E-state index in [4.69, 9.17) is 23.4 Å². The quantitative estimate of drug-likeness (QED) is 0.367. The van der Waals surface area contributed by atoms with E-state index in [1.54, 1.807) is 12.5 Å². The fourth-order valence-corrected chi connectivity index (χ4v) is 13.5. The zero-order chi connectivity index (χ0) is 32.1. The molecule has 5 heterocycles. The van der Waals surface area contributed by atoms with Crippen molar-refractivity contribution in [2.45, 2.75) is 121 Å². The lowest BCUT2D eigenvalue weighted by Crippen LogP contribution is -2.79. The highest BCUT2D eigenvalue weighted by Gasteiger charge is 2.93. The van der Waals surface area contributed by atoms with E-state index < -0.39 is 69.2 Å². The number of aliphatic hydroxyl groups excluding tert-OH is 2. The highest BCUT2D eigenvalue weighted by Crippen LogP contribution is 2.83. The van der Waals surface area contributed by atoms with E-state index in [1.165, 1.54) is 0 Å². The number of Topliss-reactive ketones (excluding diaryl/α,β-unsaturated/α-hetero) is 1. The molecule has 10 nitrogen and oxygen atoms in total. The van der Waals surface area contributed by atoms with Gasteiger partial charge in [-0.15, -0.1) is 0 Å². The number of esters is 2. The molecule has 4 saturated heterocycles. The van der Waals surface area contributed by atoms with Crippen molar-refractivity contribution in [1.29, 1.82) is 0 Å². The largest absolute Gasteiger partial charge is 0.472 e. The number of furan rings is 1. The van der Waals surface area contributed by atoms with Crippen molar-refractivity contribution in [2.75, 3.05) is 13.2 Å². The summed E-state index contributed by atoms with van der Waals surface area (Å²) < 4.78 is 31.7. The maximum Gasteiger partial charge on any atom is 0.339 e. The fourth-order valence-electron chi connectivity index (χ4n) is 13.5. The van der Waals surface area contributed by atoms with Crippen molar-refractivity contribution in [1.82, 2.24) is 0 Å². The van der Waals surface area contributed by atoms with Crippen LogP contribution in [0.4, 0.5) is 0 Å². The van der Waals surface area contributed by atoms with Crippen LogP contribution in [-0.2, 0) is 33.3 Å². The van der Waals surface area contributed by atoms with Gasteiger partial charge in [-0.3, -0.25) is 9.59 Å². The SMILES string of the molecule is CC1(C)O[C@H]2[C@@]3(CC[C@H](CO)C3)C(=O)OC[C@]23C2CC[C@@]4(C)[C@H](c5ccoc5)OC(=O)[C@H]5O[C@@]54[C@]2(C2CCCCC2)[C@H](O)C(=O)[C@H]13. The Bertz CT molecular complexity index is 1480. The maximum absolute atomic E-state index is 15.2. The van der Waals surface area contributed by atoms with Gasteiger partial charge in [0.15, 0.2) is 11.9 Å². The summed E-state index contributed by atoms with van der Waals surface area (Å²) in [6.07, 6.45) is 7.11. The van der Waals surface area contributed by atoms with Crippen molar-refractivity contribution in [3.05, 3.63) is 24.2 Å². The highest BCUT2D eigenvalue weighted by molar-refractivity contribution is 5.92. The Kier molecular flexibility index (Phi) is 5.99. The van der Waals surface area contributed by atoms with Crippen LogP contribution in [0.2, 0.25) is 0 Å². The Labute approximate surface area is 268 Å². The van der Waals surface area contributed by atoms with E-state index in [0.717, 1.165) is 37.7 Å². The molecule has 12 atom stereocenters. The summed E-state index contributed by atoms with van der Waals surface area (Å²) in [5.74, 6) is -2.24. The van der Waals surface area contributed by atoms with Gasteiger partial charge in [0.2, 0.25) is 0 Å². The summed E-state index contributed by atoms with van der Waals surface area (Å²) >= 11 is 0. The van der Waals surface area contributed by atoms with Crippen molar-refractivity contribution >= 4 is 17.7 Å². The Balaban J connectivity index is 1.30. The van der Waals surface area contributed by atoms with Gasteiger partial charge in [-0.05, 0) is 82.6 Å². The highest BCUT2D eigenvalue weighted by atomic mass is 16.7. The van der Waals surface area contributed by atoms with Crippen LogP contribution in [-0.4, -0.2) is 70.7 Å². The molecule has 8 aliphatic rings. The summed E-state index contributed by atoms with van der Waals surface area (Å²) in [6, 6.07) is 1.82. The van der Waals surface area contributed by atoms with Crippen LogP contribution >= 0.6 is 0 Å². The number of ether oxygens (including phenoxy) is 4. The van der Waals surface area contributed by atoms with Crippen molar-refractivity contribution in [3.63, 3.8) is 0 Å². The van der Waals surface area contributed by atoms with Crippen LogP contribution < -0.4 is 0 Å². The molecule has 2 N–H and O–H groups in total. The molecule has 0 aromatic carbocycles. The summed E-state index contributed by atoms with van der Waals surface area (Å²) in [7, 11) is 0. The first-order valence-electron chi connectivity index (χ1n) is 17.5. The molecule has 10 heteroatoms. The topological polar surface area (TPSA) is 145 Å². The van der Waals surface area contributed by atoms with Gasteiger partial charge in [0.1, 0.15) is 24.4 Å². The molecule has 46 heavy (non-hydrogen) atoms. The van der Waals surface area contributed by atoms with E-state index >= 15 is 4.79 Å². The lowest BCUT2D eigenvalue weighted by Gasteiger charge is -2.70. The predicted molar refractivity (Wildman–Crippen MR) is 159 cm³/mol. The monoisotopic (exact) mass is 638 g/mol. The van der Waals surface area contributed by atoms with E-state index in [2.05, 4.69) is 6.92 Å². The molecule has 4 aliphatic heterocycles. The number of ketones is 1. The second-order valence-electron chi connectivity index (χ2n) is 16.9. The fraction of sp³-hybridized carbons (Fsp3) is 0.806. The summed E-state index contributed by atoms with van der Waals surface area (Å²) in [5, 5.41) is 23.1. The molecule has 3 spiro atoms. The number of rotatable bonds is 3. The number of fused-ring (bicyclic) bond motifs is 2. The third kappa shape index (κ3) is 3.09. The van der Waals surface area contributed by atoms with Crippen molar-refractivity contribution < 1.29 is 48.0 Å². The number of hydrogen-bond acceptors (Lipinski definition) is 10. The minimum atomic E-state index is -1.39. The van der Waals surface area contributed by atoms with Gasteiger partial charge < -0.3 is 33.6 Å². The van der Waals surface area contributed by atoms with Crippen LogP contribution in [0.3, 0.4) is 0 Å².